The smallest absolute Gasteiger partial charge is 0.274 e. The molecule has 0 bridgehead atoms. The third-order valence-corrected chi connectivity index (χ3v) is 3.39. The van der Waals surface area contributed by atoms with Gasteiger partial charge in [0.2, 0.25) is 0 Å². The van der Waals surface area contributed by atoms with Crippen molar-refractivity contribution in [3.05, 3.63) is 56.2 Å². The molecule has 0 unspecified atom stereocenters. The molecule has 0 radical (unpaired) electrons. The Labute approximate surface area is 126 Å². The number of hydrogen-bond acceptors (Lipinski definition) is 2. The van der Waals surface area contributed by atoms with Crippen molar-refractivity contribution in [3.8, 4) is 0 Å². The first-order valence-corrected chi connectivity index (χ1v) is 6.91. The Balaban J connectivity index is 2.24. The van der Waals surface area contributed by atoms with Gasteiger partial charge < -0.3 is 5.32 Å². The van der Waals surface area contributed by atoms with Gasteiger partial charge in [0, 0.05) is 4.47 Å². The van der Waals surface area contributed by atoms with Gasteiger partial charge in [0.25, 0.3) is 5.91 Å². The van der Waals surface area contributed by atoms with Gasteiger partial charge in [-0.3, -0.25) is 4.79 Å². The zero-order valence-electron chi connectivity index (χ0n) is 8.95. The summed E-state index contributed by atoms with van der Waals surface area (Å²) in [5.41, 5.74) is 0.859. The molecule has 0 saturated heterocycles. The standard InChI is InChI=1S/C12H7Br2ClN2O/c13-7-4-5-8(15)10(6-7)17-12(18)9-2-1-3-11(14)16-9/h1-6H,(H,17,18). The first kappa shape index (κ1) is 13.5. The number of nitrogens with zero attached hydrogens (tertiary/aromatic N) is 1. The molecule has 18 heavy (non-hydrogen) atoms. The summed E-state index contributed by atoms with van der Waals surface area (Å²) in [6.45, 7) is 0. The van der Waals surface area contributed by atoms with Crippen molar-refractivity contribution in [1.82, 2.24) is 4.98 Å². The van der Waals surface area contributed by atoms with Gasteiger partial charge in [0.05, 0.1) is 10.7 Å². The van der Waals surface area contributed by atoms with Crippen LogP contribution in [-0.4, -0.2) is 10.9 Å². The average Bonchev–Trinajstić information content (AvgIpc) is 2.34. The number of aromatic nitrogens is 1. The van der Waals surface area contributed by atoms with Crippen LogP contribution in [0, 0.1) is 0 Å². The Kier molecular flexibility index (Phi) is 4.37. The van der Waals surface area contributed by atoms with E-state index in [0.29, 0.717) is 21.0 Å². The predicted octanol–water partition coefficient (Wildman–Crippen LogP) is 4.51. The lowest BCUT2D eigenvalue weighted by Crippen LogP contribution is -2.13. The minimum atomic E-state index is -0.309. The number of benzene rings is 1. The van der Waals surface area contributed by atoms with E-state index in [1.807, 2.05) is 0 Å². The third-order valence-electron chi connectivity index (χ3n) is 2.12. The van der Waals surface area contributed by atoms with Crippen LogP contribution < -0.4 is 5.32 Å². The van der Waals surface area contributed by atoms with Crippen LogP contribution in [0.15, 0.2) is 45.5 Å². The van der Waals surface area contributed by atoms with Gasteiger partial charge in [0.1, 0.15) is 10.3 Å². The Morgan fingerprint density at radius 2 is 2.00 bits per heavy atom. The number of rotatable bonds is 2. The van der Waals surface area contributed by atoms with Crippen LogP contribution in [0.2, 0.25) is 5.02 Å². The highest BCUT2D eigenvalue weighted by Gasteiger charge is 2.10. The molecule has 2 aromatic rings. The second kappa shape index (κ2) is 5.82. The Hall–Kier alpha value is -0.910. The molecule has 3 nitrogen and oxygen atoms in total. The molecule has 0 aliphatic carbocycles. The number of anilines is 1. The van der Waals surface area contributed by atoms with E-state index < -0.39 is 0 Å². The van der Waals surface area contributed by atoms with Crippen molar-refractivity contribution in [3.63, 3.8) is 0 Å². The SMILES string of the molecule is O=C(Nc1cc(Br)ccc1Cl)c1cccc(Br)n1. The normalized spacial score (nSPS) is 10.2. The molecule has 0 aliphatic rings. The first-order valence-electron chi connectivity index (χ1n) is 4.95. The molecule has 0 spiro atoms. The van der Waals surface area contributed by atoms with Crippen molar-refractivity contribution in [2.24, 2.45) is 0 Å². The molecule has 0 atom stereocenters. The monoisotopic (exact) mass is 388 g/mol. The number of carbonyl (C=O) groups excluding carboxylic acids is 1. The number of amides is 1. The van der Waals surface area contributed by atoms with Gasteiger partial charge >= 0.3 is 0 Å². The molecular weight excluding hydrogens is 383 g/mol. The molecule has 1 amide bonds. The van der Waals surface area contributed by atoms with Crippen LogP contribution in [0.1, 0.15) is 10.5 Å². The molecular formula is C12H7Br2ClN2O. The van der Waals surface area contributed by atoms with Gasteiger partial charge in [-0.25, -0.2) is 4.98 Å². The van der Waals surface area contributed by atoms with Gasteiger partial charge in [-0.05, 0) is 46.3 Å². The summed E-state index contributed by atoms with van der Waals surface area (Å²) in [7, 11) is 0. The van der Waals surface area contributed by atoms with Crippen LogP contribution in [0.3, 0.4) is 0 Å². The second-order valence-electron chi connectivity index (χ2n) is 3.42. The lowest BCUT2D eigenvalue weighted by atomic mass is 10.3. The molecule has 1 aromatic heterocycles. The minimum absolute atomic E-state index is 0.309. The summed E-state index contributed by atoms with van der Waals surface area (Å²) in [6.07, 6.45) is 0. The highest BCUT2D eigenvalue weighted by atomic mass is 79.9. The van der Waals surface area contributed by atoms with Gasteiger partial charge in [-0.2, -0.15) is 0 Å². The van der Waals surface area contributed by atoms with E-state index in [0.717, 1.165) is 4.47 Å². The van der Waals surface area contributed by atoms with Crippen LogP contribution in [0.4, 0.5) is 5.69 Å². The van der Waals surface area contributed by atoms with E-state index in [1.54, 1.807) is 36.4 Å². The molecule has 1 heterocycles. The summed E-state index contributed by atoms with van der Waals surface area (Å²) in [5.74, 6) is -0.309. The van der Waals surface area contributed by atoms with Crippen LogP contribution in [0.25, 0.3) is 0 Å². The molecule has 0 fully saturated rings. The predicted molar refractivity (Wildman–Crippen MR) is 79.0 cm³/mol. The Morgan fingerprint density at radius 1 is 1.22 bits per heavy atom. The number of halogens is 3. The lowest BCUT2D eigenvalue weighted by molar-refractivity contribution is 0.102. The largest absolute Gasteiger partial charge is 0.319 e. The summed E-state index contributed by atoms with van der Waals surface area (Å²) >= 11 is 12.5. The van der Waals surface area contributed by atoms with E-state index in [2.05, 4.69) is 42.2 Å². The molecule has 6 heteroatoms. The number of pyridine rings is 1. The second-order valence-corrected chi connectivity index (χ2v) is 5.56. The fourth-order valence-corrected chi connectivity index (χ4v) is 2.18. The van der Waals surface area contributed by atoms with E-state index >= 15 is 0 Å². The van der Waals surface area contributed by atoms with Gasteiger partial charge in [0.15, 0.2) is 0 Å². The van der Waals surface area contributed by atoms with Crippen LogP contribution >= 0.6 is 43.5 Å². The Morgan fingerprint density at radius 3 is 2.72 bits per heavy atom. The summed E-state index contributed by atoms with van der Waals surface area (Å²) in [5, 5.41) is 3.18. The third kappa shape index (κ3) is 3.31. The minimum Gasteiger partial charge on any atom is -0.319 e. The fourth-order valence-electron chi connectivity index (χ4n) is 1.31. The van der Waals surface area contributed by atoms with Crippen LogP contribution in [0.5, 0.6) is 0 Å². The molecule has 1 aromatic carbocycles. The maximum Gasteiger partial charge on any atom is 0.274 e. The molecule has 2 rings (SSSR count). The van der Waals surface area contributed by atoms with E-state index in [-0.39, 0.29) is 5.91 Å². The Bertz CT molecular complexity index is 604. The zero-order chi connectivity index (χ0) is 13.1. The highest BCUT2D eigenvalue weighted by molar-refractivity contribution is 9.10. The summed E-state index contributed by atoms with van der Waals surface area (Å²) in [6, 6.07) is 10.4. The summed E-state index contributed by atoms with van der Waals surface area (Å²) < 4.78 is 1.44. The lowest BCUT2D eigenvalue weighted by Gasteiger charge is -2.07. The topological polar surface area (TPSA) is 42.0 Å². The number of hydrogen-bond donors (Lipinski definition) is 1. The highest BCUT2D eigenvalue weighted by Crippen LogP contribution is 2.26. The van der Waals surface area contributed by atoms with Crippen LogP contribution in [-0.2, 0) is 0 Å². The molecule has 0 saturated carbocycles. The maximum atomic E-state index is 12.0. The number of carbonyl (C=O) groups is 1. The van der Waals surface area contributed by atoms with E-state index in [1.165, 1.54) is 0 Å². The first-order chi connectivity index (χ1) is 8.56. The van der Waals surface area contributed by atoms with Crippen molar-refractivity contribution >= 4 is 55.1 Å². The van der Waals surface area contributed by atoms with Crippen molar-refractivity contribution < 1.29 is 4.79 Å². The fraction of sp³-hybridized carbons (Fsp3) is 0. The van der Waals surface area contributed by atoms with Crippen molar-refractivity contribution in [2.45, 2.75) is 0 Å². The van der Waals surface area contributed by atoms with E-state index in [4.69, 9.17) is 11.6 Å². The van der Waals surface area contributed by atoms with Crippen molar-refractivity contribution in [2.75, 3.05) is 5.32 Å². The molecule has 0 aliphatic heterocycles. The van der Waals surface area contributed by atoms with Crippen molar-refractivity contribution in [1.29, 1.82) is 0 Å². The zero-order valence-corrected chi connectivity index (χ0v) is 12.9. The van der Waals surface area contributed by atoms with Gasteiger partial charge in [-0.1, -0.05) is 33.6 Å². The quantitative estimate of drug-likeness (QED) is 0.767. The molecule has 1 N–H and O–H groups in total. The maximum absolute atomic E-state index is 12.0. The summed E-state index contributed by atoms with van der Waals surface area (Å²) in [4.78, 5) is 16.0. The number of nitrogens with one attached hydrogen (secondary N) is 1. The van der Waals surface area contributed by atoms with Gasteiger partial charge in [-0.15, -0.1) is 0 Å². The average molecular weight is 390 g/mol. The molecule has 92 valence electrons. The van der Waals surface area contributed by atoms with E-state index in [9.17, 15) is 4.79 Å².